The number of ether oxygens (including phenoxy) is 2. The van der Waals surface area contributed by atoms with Gasteiger partial charge >= 0.3 is 0 Å². The van der Waals surface area contributed by atoms with Crippen molar-refractivity contribution in [3.05, 3.63) is 29.5 Å². The molecule has 1 saturated heterocycles. The Bertz CT molecular complexity index is 710. The van der Waals surface area contributed by atoms with Crippen molar-refractivity contribution in [1.82, 2.24) is 9.88 Å². The number of hydrogen-bond acceptors (Lipinski definition) is 3. The van der Waals surface area contributed by atoms with E-state index in [0.717, 1.165) is 32.0 Å². The molecule has 4 nitrogen and oxygen atoms in total. The van der Waals surface area contributed by atoms with Gasteiger partial charge in [0.15, 0.2) is 0 Å². The minimum Gasteiger partial charge on any atom is -0.496 e. The fourth-order valence-electron chi connectivity index (χ4n) is 4.87. The zero-order valence-corrected chi connectivity index (χ0v) is 15.0. The highest BCUT2D eigenvalue weighted by Gasteiger charge is 2.42. The van der Waals surface area contributed by atoms with E-state index < -0.39 is 0 Å². The molecule has 24 heavy (non-hydrogen) atoms. The molecule has 2 atom stereocenters. The van der Waals surface area contributed by atoms with Gasteiger partial charge in [0.1, 0.15) is 5.75 Å². The monoisotopic (exact) mass is 328 g/mol. The van der Waals surface area contributed by atoms with Crippen molar-refractivity contribution in [3.8, 4) is 5.75 Å². The van der Waals surface area contributed by atoms with Crippen molar-refractivity contribution in [2.45, 2.75) is 39.3 Å². The van der Waals surface area contributed by atoms with Crippen LogP contribution in [0.5, 0.6) is 5.75 Å². The molecule has 4 rings (SSSR count). The van der Waals surface area contributed by atoms with Gasteiger partial charge in [-0.1, -0.05) is 0 Å². The van der Waals surface area contributed by atoms with Gasteiger partial charge in [-0.25, -0.2) is 0 Å². The molecule has 2 aliphatic rings. The van der Waals surface area contributed by atoms with Gasteiger partial charge < -0.3 is 14.5 Å². The third kappa shape index (κ3) is 2.62. The molecule has 2 aromatic rings. The van der Waals surface area contributed by atoms with Gasteiger partial charge in [-0.05, 0) is 56.2 Å². The first kappa shape index (κ1) is 16.0. The van der Waals surface area contributed by atoms with Crippen molar-refractivity contribution >= 4 is 10.9 Å². The minimum absolute atomic E-state index is 0.485. The maximum atomic E-state index is 6.03. The number of rotatable bonds is 5. The predicted molar refractivity (Wildman–Crippen MR) is 96.5 cm³/mol. The zero-order valence-electron chi connectivity index (χ0n) is 15.0. The molecular weight excluding hydrogens is 300 g/mol. The number of nitrogens with zero attached hydrogens (tertiary/aromatic N) is 1. The van der Waals surface area contributed by atoms with Crippen LogP contribution in [0.4, 0.5) is 0 Å². The lowest BCUT2D eigenvalue weighted by Crippen LogP contribution is -2.45. The summed E-state index contributed by atoms with van der Waals surface area (Å²) in [6.07, 6.45) is 5.15. The molecule has 2 heterocycles. The smallest absolute Gasteiger partial charge is 0.124 e. The summed E-state index contributed by atoms with van der Waals surface area (Å²) in [4.78, 5) is 5.99. The van der Waals surface area contributed by atoms with Crippen LogP contribution in [-0.4, -0.2) is 42.8 Å². The summed E-state index contributed by atoms with van der Waals surface area (Å²) in [5, 5.41) is 1.30. The van der Waals surface area contributed by atoms with Crippen LogP contribution in [0.15, 0.2) is 18.3 Å². The number of fused-ring (bicyclic) bond motifs is 3. The van der Waals surface area contributed by atoms with E-state index in [-0.39, 0.29) is 0 Å². The first-order valence-corrected chi connectivity index (χ1v) is 9.18. The second-order valence-electron chi connectivity index (χ2n) is 7.35. The number of aromatic amines is 1. The summed E-state index contributed by atoms with van der Waals surface area (Å²) >= 11 is 0. The molecule has 130 valence electrons. The highest BCUT2D eigenvalue weighted by molar-refractivity contribution is 5.88. The van der Waals surface area contributed by atoms with Crippen LogP contribution in [0.25, 0.3) is 10.9 Å². The van der Waals surface area contributed by atoms with Crippen LogP contribution in [-0.2, 0) is 11.3 Å². The number of likely N-dealkylation sites (tertiary alicyclic amines) is 1. The molecular formula is C20H28N2O2. The number of piperidine rings is 1. The molecule has 1 N–H and O–H groups in total. The van der Waals surface area contributed by atoms with E-state index in [1.165, 1.54) is 34.9 Å². The molecule has 1 saturated carbocycles. The van der Waals surface area contributed by atoms with Crippen LogP contribution >= 0.6 is 0 Å². The number of hydrogen-bond donors (Lipinski definition) is 1. The first-order chi connectivity index (χ1) is 11.7. The van der Waals surface area contributed by atoms with Gasteiger partial charge in [0.05, 0.1) is 13.2 Å². The average Bonchev–Trinajstić information content (AvgIpc) is 3.14. The average molecular weight is 328 g/mol. The summed E-state index contributed by atoms with van der Waals surface area (Å²) in [5.41, 5.74) is 3.79. The maximum absolute atomic E-state index is 6.03. The molecule has 0 amide bonds. The largest absolute Gasteiger partial charge is 0.496 e. The summed E-state index contributed by atoms with van der Waals surface area (Å²) in [6.45, 7) is 8.34. The molecule has 0 spiro atoms. The van der Waals surface area contributed by atoms with E-state index in [2.05, 4.69) is 35.9 Å². The summed E-state index contributed by atoms with van der Waals surface area (Å²) in [6, 6.07) is 4.34. The number of aromatic nitrogens is 1. The number of nitrogens with one attached hydrogen (secondary N) is 1. The van der Waals surface area contributed by atoms with Gasteiger partial charge in [0.2, 0.25) is 0 Å². The van der Waals surface area contributed by atoms with Gasteiger partial charge in [0, 0.05) is 48.9 Å². The van der Waals surface area contributed by atoms with Gasteiger partial charge in [0.25, 0.3) is 0 Å². The van der Waals surface area contributed by atoms with Gasteiger partial charge in [-0.3, -0.25) is 4.90 Å². The van der Waals surface area contributed by atoms with E-state index >= 15 is 0 Å². The van der Waals surface area contributed by atoms with E-state index in [1.807, 2.05) is 6.20 Å². The lowest BCUT2D eigenvalue weighted by molar-refractivity contribution is -0.0389. The van der Waals surface area contributed by atoms with Crippen LogP contribution in [0, 0.1) is 18.8 Å². The molecule has 2 unspecified atom stereocenters. The maximum Gasteiger partial charge on any atom is 0.124 e. The highest BCUT2D eigenvalue weighted by Crippen LogP contribution is 2.40. The zero-order chi connectivity index (χ0) is 16.7. The molecule has 0 radical (unpaired) electrons. The van der Waals surface area contributed by atoms with E-state index in [1.54, 1.807) is 7.11 Å². The Kier molecular flexibility index (Phi) is 4.27. The lowest BCUT2D eigenvalue weighted by atomic mass is 9.94. The highest BCUT2D eigenvalue weighted by atomic mass is 16.5. The molecule has 1 aliphatic carbocycles. The van der Waals surface area contributed by atoms with Crippen LogP contribution in [0.2, 0.25) is 0 Å². The third-order valence-electron chi connectivity index (χ3n) is 5.90. The normalized spacial score (nSPS) is 27.0. The Labute approximate surface area is 144 Å². The minimum atomic E-state index is 0.485. The fraction of sp³-hybridized carbons (Fsp3) is 0.600. The Hall–Kier alpha value is -1.52. The van der Waals surface area contributed by atoms with Crippen molar-refractivity contribution in [2.75, 3.05) is 26.8 Å². The fourth-order valence-corrected chi connectivity index (χ4v) is 4.87. The van der Waals surface area contributed by atoms with E-state index in [0.29, 0.717) is 17.9 Å². The molecule has 4 heteroatoms. The summed E-state index contributed by atoms with van der Waals surface area (Å²) in [7, 11) is 1.78. The second-order valence-corrected chi connectivity index (χ2v) is 7.35. The van der Waals surface area contributed by atoms with Crippen LogP contribution in [0.1, 0.15) is 30.9 Å². The standard InChI is InChI=1S/C20H28N2O2/c1-4-24-20-14-5-6-15(20)11-22(10-14)12-17-16-7-8-21-19(16)13(2)9-18(17)23-3/h7-9,14-15,20-21H,4-6,10-12H2,1-3H3. The number of methoxy groups -OCH3 is 1. The quantitative estimate of drug-likeness (QED) is 0.909. The van der Waals surface area contributed by atoms with Crippen molar-refractivity contribution < 1.29 is 9.47 Å². The number of aryl methyl sites for hydroxylation is 1. The van der Waals surface area contributed by atoms with Crippen molar-refractivity contribution in [2.24, 2.45) is 11.8 Å². The Morgan fingerprint density at radius 2 is 2.00 bits per heavy atom. The van der Waals surface area contributed by atoms with Gasteiger partial charge in [-0.15, -0.1) is 0 Å². The van der Waals surface area contributed by atoms with Crippen molar-refractivity contribution in [1.29, 1.82) is 0 Å². The molecule has 2 fully saturated rings. The Balaban J connectivity index is 1.59. The molecule has 1 aliphatic heterocycles. The number of benzene rings is 1. The lowest BCUT2D eigenvalue weighted by Gasteiger charge is -2.38. The third-order valence-corrected chi connectivity index (χ3v) is 5.90. The predicted octanol–water partition coefficient (Wildman–Crippen LogP) is 3.73. The SMILES string of the molecule is CCOC1C2CCC1CN(Cc1c(OC)cc(C)c3[nH]ccc13)C2. The van der Waals surface area contributed by atoms with Crippen LogP contribution in [0.3, 0.4) is 0 Å². The van der Waals surface area contributed by atoms with E-state index in [4.69, 9.17) is 9.47 Å². The molecule has 2 bridgehead atoms. The van der Waals surface area contributed by atoms with E-state index in [9.17, 15) is 0 Å². The molecule has 1 aromatic carbocycles. The Morgan fingerprint density at radius 1 is 1.25 bits per heavy atom. The van der Waals surface area contributed by atoms with Crippen molar-refractivity contribution in [3.63, 3.8) is 0 Å². The summed E-state index contributed by atoms with van der Waals surface area (Å²) in [5.74, 6) is 2.41. The molecule has 1 aromatic heterocycles. The Morgan fingerprint density at radius 3 is 2.67 bits per heavy atom. The van der Waals surface area contributed by atoms with Gasteiger partial charge in [-0.2, -0.15) is 0 Å². The second kappa shape index (κ2) is 6.41. The first-order valence-electron chi connectivity index (χ1n) is 9.18. The number of H-pyrrole nitrogens is 1. The summed E-state index contributed by atoms with van der Waals surface area (Å²) < 4.78 is 11.7. The van der Waals surface area contributed by atoms with Crippen LogP contribution < -0.4 is 4.74 Å². The topological polar surface area (TPSA) is 37.5 Å².